The lowest BCUT2D eigenvalue weighted by Gasteiger charge is -2.03. The summed E-state index contributed by atoms with van der Waals surface area (Å²) in [4.78, 5) is 0. The summed E-state index contributed by atoms with van der Waals surface area (Å²) in [7, 11) is 1.90. The van der Waals surface area contributed by atoms with Crippen LogP contribution in [0.15, 0.2) is 40.8 Å². The second-order valence-corrected chi connectivity index (χ2v) is 3.75. The van der Waals surface area contributed by atoms with Crippen molar-refractivity contribution in [3.8, 4) is 17.1 Å². The molecule has 3 heteroatoms. The molecule has 1 N–H and O–H groups in total. The molecule has 2 aromatic rings. The predicted molar refractivity (Wildman–Crippen MR) is 68.1 cm³/mol. The van der Waals surface area contributed by atoms with Crippen molar-refractivity contribution in [3.63, 3.8) is 0 Å². The van der Waals surface area contributed by atoms with E-state index in [1.165, 1.54) is 0 Å². The van der Waals surface area contributed by atoms with Crippen molar-refractivity contribution < 1.29 is 9.15 Å². The zero-order chi connectivity index (χ0) is 12.1. The maximum atomic E-state index is 5.71. The third-order valence-corrected chi connectivity index (χ3v) is 2.46. The van der Waals surface area contributed by atoms with Crippen LogP contribution in [0.25, 0.3) is 11.3 Å². The first-order chi connectivity index (χ1) is 8.33. The lowest BCUT2D eigenvalue weighted by Crippen LogP contribution is -2.03. The lowest BCUT2D eigenvalue weighted by molar-refractivity contribution is 0.340. The van der Waals surface area contributed by atoms with Gasteiger partial charge in [0.2, 0.25) is 0 Å². The Hall–Kier alpha value is -1.74. The number of rotatable bonds is 5. The molecular weight excluding hydrogens is 214 g/mol. The average molecular weight is 231 g/mol. The molecule has 0 atom stereocenters. The highest BCUT2D eigenvalue weighted by Gasteiger charge is 2.04. The summed E-state index contributed by atoms with van der Waals surface area (Å²) < 4.78 is 11.1. The van der Waals surface area contributed by atoms with Crippen molar-refractivity contribution in [3.05, 3.63) is 42.2 Å². The van der Waals surface area contributed by atoms with Crippen LogP contribution >= 0.6 is 0 Å². The Kier molecular flexibility index (Phi) is 3.83. The number of ether oxygens (including phenoxy) is 1. The molecule has 0 amide bonds. The van der Waals surface area contributed by atoms with Crippen LogP contribution in [0.4, 0.5) is 0 Å². The molecule has 90 valence electrons. The molecule has 0 bridgehead atoms. The molecule has 0 aliphatic carbocycles. The van der Waals surface area contributed by atoms with Gasteiger partial charge in [-0.2, -0.15) is 0 Å². The van der Waals surface area contributed by atoms with E-state index >= 15 is 0 Å². The van der Waals surface area contributed by atoms with Crippen molar-refractivity contribution in [1.82, 2.24) is 5.32 Å². The topological polar surface area (TPSA) is 34.4 Å². The van der Waals surface area contributed by atoms with Crippen molar-refractivity contribution in [2.75, 3.05) is 13.7 Å². The Bertz CT molecular complexity index is 459. The highest BCUT2D eigenvalue weighted by molar-refractivity contribution is 5.58. The average Bonchev–Trinajstić information content (AvgIpc) is 2.80. The normalized spacial score (nSPS) is 10.5. The molecular formula is C14H17NO2. The second-order valence-electron chi connectivity index (χ2n) is 3.75. The highest BCUT2D eigenvalue weighted by Crippen LogP contribution is 2.24. The SMILES string of the molecule is CCOc1ccc(-c2ccc(CNC)o2)cc1. The first kappa shape index (κ1) is 11.7. The van der Waals surface area contributed by atoms with Gasteiger partial charge in [0.15, 0.2) is 0 Å². The van der Waals surface area contributed by atoms with Crippen molar-refractivity contribution in [2.45, 2.75) is 13.5 Å². The van der Waals surface area contributed by atoms with Crippen LogP contribution in [-0.4, -0.2) is 13.7 Å². The van der Waals surface area contributed by atoms with E-state index < -0.39 is 0 Å². The van der Waals surface area contributed by atoms with E-state index in [-0.39, 0.29) is 0 Å². The molecule has 17 heavy (non-hydrogen) atoms. The first-order valence-electron chi connectivity index (χ1n) is 5.80. The van der Waals surface area contributed by atoms with Crippen molar-refractivity contribution in [1.29, 1.82) is 0 Å². The first-order valence-corrected chi connectivity index (χ1v) is 5.80. The van der Waals surface area contributed by atoms with Gasteiger partial charge >= 0.3 is 0 Å². The monoisotopic (exact) mass is 231 g/mol. The van der Waals surface area contributed by atoms with Gasteiger partial charge in [0.25, 0.3) is 0 Å². The van der Waals surface area contributed by atoms with E-state index in [1.54, 1.807) is 0 Å². The summed E-state index contributed by atoms with van der Waals surface area (Å²) in [6.07, 6.45) is 0. The fourth-order valence-electron chi connectivity index (χ4n) is 1.68. The molecule has 0 spiro atoms. The fraction of sp³-hybridized carbons (Fsp3) is 0.286. The van der Waals surface area contributed by atoms with Gasteiger partial charge in [0.05, 0.1) is 13.2 Å². The standard InChI is InChI=1S/C14H17NO2/c1-3-16-12-6-4-11(5-7-12)14-9-8-13(17-14)10-15-2/h4-9,15H,3,10H2,1-2H3. The summed E-state index contributed by atoms with van der Waals surface area (Å²) in [5.74, 6) is 2.72. The number of furan rings is 1. The summed E-state index contributed by atoms with van der Waals surface area (Å²) in [6, 6.07) is 11.9. The van der Waals surface area contributed by atoms with Crippen LogP contribution in [0, 0.1) is 0 Å². The minimum atomic E-state index is 0.687. The molecule has 2 rings (SSSR count). The van der Waals surface area contributed by atoms with Crippen LogP contribution in [0.3, 0.4) is 0 Å². The van der Waals surface area contributed by atoms with Crippen LogP contribution in [0.1, 0.15) is 12.7 Å². The van der Waals surface area contributed by atoms with E-state index in [0.29, 0.717) is 6.61 Å². The Labute approximate surface area is 101 Å². The van der Waals surface area contributed by atoms with Gasteiger partial charge < -0.3 is 14.5 Å². The third kappa shape index (κ3) is 2.88. The molecule has 0 aliphatic heterocycles. The van der Waals surface area contributed by atoms with Crippen LogP contribution < -0.4 is 10.1 Å². The molecule has 3 nitrogen and oxygen atoms in total. The Balaban J connectivity index is 2.15. The smallest absolute Gasteiger partial charge is 0.134 e. The van der Waals surface area contributed by atoms with E-state index in [4.69, 9.17) is 9.15 Å². The number of nitrogens with one attached hydrogen (secondary N) is 1. The summed E-state index contributed by atoms with van der Waals surface area (Å²) >= 11 is 0. The summed E-state index contributed by atoms with van der Waals surface area (Å²) in [5.41, 5.74) is 1.07. The highest BCUT2D eigenvalue weighted by atomic mass is 16.5. The van der Waals surface area contributed by atoms with E-state index in [9.17, 15) is 0 Å². The minimum Gasteiger partial charge on any atom is -0.494 e. The lowest BCUT2D eigenvalue weighted by atomic mass is 10.2. The van der Waals surface area contributed by atoms with Gasteiger partial charge in [-0.05, 0) is 50.4 Å². The molecule has 1 aromatic heterocycles. The zero-order valence-electron chi connectivity index (χ0n) is 10.2. The number of hydrogen-bond donors (Lipinski definition) is 1. The molecule has 1 heterocycles. The Morgan fingerprint density at radius 3 is 2.53 bits per heavy atom. The van der Waals surface area contributed by atoms with Crippen LogP contribution in [0.2, 0.25) is 0 Å². The van der Waals surface area contributed by atoms with E-state index in [2.05, 4.69) is 5.32 Å². The summed E-state index contributed by atoms with van der Waals surface area (Å²) in [6.45, 7) is 3.41. The predicted octanol–water partition coefficient (Wildman–Crippen LogP) is 3.06. The van der Waals surface area contributed by atoms with Gasteiger partial charge in [-0.1, -0.05) is 0 Å². The number of benzene rings is 1. The molecule has 0 radical (unpaired) electrons. The maximum Gasteiger partial charge on any atom is 0.134 e. The third-order valence-electron chi connectivity index (χ3n) is 2.46. The zero-order valence-corrected chi connectivity index (χ0v) is 10.2. The van der Waals surface area contributed by atoms with Gasteiger partial charge in [0, 0.05) is 5.56 Å². The van der Waals surface area contributed by atoms with Gasteiger partial charge in [-0.25, -0.2) is 0 Å². The molecule has 0 aliphatic rings. The second kappa shape index (κ2) is 5.55. The molecule has 0 unspecified atom stereocenters. The molecule has 1 aromatic carbocycles. The van der Waals surface area contributed by atoms with Crippen LogP contribution in [0.5, 0.6) is 5.75 Å². The quantitative estimate of drug-likeness (QED) is 0.858. The Morgan fingerprint density at radius 2 is 1.88 bits per heavy atom. The van der Waals surface area contributed by atoms with E-state index in [1.807, 2.05) is 50.4 Å². The van der Waals surface area contributed by atoms with E-state index in [0.717, 1.165) is 29.4 Å². The maximum absolute atomic E-state index is 5.71. The minimum absolute atomic E-state index is 0.687. The van der Waals surface area contributed by atoms with Gasteiger partial charge in [-0.15, -0.1) is 0 Å². The van der Waals surface area contributed by atoms with Crippen LogP contribution in [-0.2, 0) is 6.54 Å². The molecule has 0 saturated heterocycles. The largest absolute Gasteiger partial charge is 0.494 e. The summed E-state index contributed by atoms with van der Waals surface area (Å²) in [5, 5.41) is 3.06. The van der Waals surface area contributed by atoms with Gasteiger partial charge in [0.1, 0.15) is 17.3 Å². The Morgan fingerprint density at radius 1 is 1.12 bits per heavy atom. The number of hydrogen-bond acceptors (Lipinski definition) is 3. The van der Waals surface area contributed by atoms with Gasteiger partial charge in [-0.3, -0.25) is 0 Å². The van der Waals surface area contributed by atoms with Crippen molar-refractivity contribution >= 4 is 0 Å². The van der Waals surface area contributed by atoms with Crippen molar-refractivity contribution in [2.24, 2.45) is 0 Å². The molecule has 0 saturated carbocycles. The molecule has 0 fully saturated rings. The fourth-order valence-corrected chi connectivity index (χ4v) is 1.68.